The maximum absolute atomic E-state index is 12.4. The second-order valence-corrected chi connectivity index (χ2v) is 4.95. The fourth-order valence-electron chi connectivity index (χ4n) is 2.22. The van der Waals surface area contributed by atoms with Crippen molar-refractivity contribution in [2.45, 2.75) is 38.8 Å². The molecule has 5 nitrogen and oxygen atoms in total. The number of hydrogen-bond donors (Lipinski definition) is 0. The summed E-state index contributed by atoms with van der Waals surface area (Å²) in [4.78, 5) is 13.6. The number of ether oxygens (including phenoxy) is 1. The van der Waals surface area contributed by atoms with Crippen LogP contribution in [-0.4, -0.2) is 45.9 Å². The maximum atomic E-state index is 12.4. The van der Waals surface area contributed by atoms with Crippen molar-refractivity contribution in [2.24, 2.45) is 0 Å². The number of morpholine rings is 1. The lowest BCUT2D eigenvalue weighted by Gasteiger charge is -2.35. The van der Waals surface area contributed by atoms with Crippen LogP contribution in [0.15, 0.2) is 12.3 Å². The van der Waals surface area contributed by atoms with Crippen LogP contribution in [0.5, 0.6) is 0 Å². The summed E-state index contributed by atoms with van der Waals surface area (Å²) in [6, 6.07) is 0.859. The molecule has 112 valence electrons. The van der Waals surface area contributed by atoms with E-state index in [4.69, 9.17) is 4.74 Å². The average molecular weight is 291 g/mol. The van der Waals surface area contributed by atoms with Crippen LogP contribution in [0.1, 0.15) is 19.5 Å². The molecule has 20 heavy (non-hydrogen) atoms. The first-order valence-electron chi connectivity index (χ1n) is 6.29. The highest BCUT2D eigenvalue weighted by atomic mass is 19.4. The van der Waals surface area contributed by atoms with E-state index in [1.54, 1.807) is 4.90 Å². The van der Waals surface area contributed by atoms with Crippen molar-refractivity contribution in [2.75, 3.05) is 13.1 Å². The summed E-state index contributed by atoms with van der Waals surface area (Å²) in [5, 5.41) is 3.37. The molecule has 0 saturated carbocycles. The zero-order valence-corrected chi connectivity index (χ0v) is 11.2. The molecule has 1 aliphatic rings. The molecule has 0 bridgehead atoms. The second kappa shape index (κ2) is 5.43. The van der Waals surface area contributed by atoms with E-state index in [2.05, 4.69) is 5.10 Å². The van der Waals surface area contributed by atoms with Gasteiger partial charge < -0.3 is 9.64 Å². The number of halogens is 3. The highest BCUT2D eigenvalue weighted by Gasteiger charge is 2.34. The summed E-state index contributed by atoms with van der Waals surface area (Å²) in [7, 11) is 0. The first-order chi connectivity index (χ1) is 9.25. The topological polar surface area (TPSA) is 47.4 Å². The minimum Gasteiger partial charge on any atom is -0.372 e. The smallest absolute Gasteiger partial charge is 0.372 e. The Morgan fingerprint density at radius 1 is 1.40 bits per heavy atom. The highest BCUT2D eigenvalue weighted by Crippen LogP contribution is 2.27. The Labute approximate surface area is 114 Å². The molecule has 0 spiro atoms. The van der Waals surface area contributed by atoms with Gasteiger partial charge in [0.25, 0.3) is 0 Å². The van der Waals surface area contributed by atoms with Crippen LogP contribution in [0, 0.1) is 0 Å². The van der Waals surface area contributed by atoms with Crippen LogP contribution in [0.4, 0.5) is 13.2 Å². The van der Waals surface area contributed by atoms with Gasteiger partial charge >= 0.3 is 6.18 Å². The predicted molar refractivity (Wildman–Crippen MR) is 63.8 cm³/mol. The Kier molecular flexibility index (Phi) is 4.03. The normalized spacial score (nSPS) is 23.9. The molecule has 2 atom stereocenters. The van der Waals surface area contributed by atoms with Crippen molar-refractivity contribution >= 4 is 5.91 Å². The van der Waals surface area contributed by atoms with Crippen molar-refractivity contribution in [3.63, 3.8) is 0 Å². The Morgan fingerprint density at radius 3 is 2.50 bits per heavy atom. The number of carbonyl (C=O) groups is 1. The van der Waals surface area contributed by atoms with E-state index in [-0.39, 0.29) is 24.7 Å². The molecule has 2 heterocycles. The first kappa shape index (κ1) is 14.8. The molecule has 1 aromatic heterocycles. The minimum absolute atomic E-state index is 0.0777. The molecule has 8 heteroatoms. The third-order valence-electron chi connectivity index (χ3n) is 3.00. The molecular weight excluding hydrogens is 275 g/mol. The molecule has 0 N–H and O–H groups in total. The quantitative estimate of drug-likeness (QED) is 0.830. The SMILES string of the molecule is C[C@@H]1CN(C(=O)Cn2ccc(C(F)(F)F)n2)C[C@@H](C)O1. The fourth-order valence-corrected chi connectivity index (χ4v) is 2.22. The van der Waals surface area contributed by atoms with E-state index in [0.717, 1.165) is 16.9 Å². The van der Waals surface area contributed by atoms with Crippen LogP contribution < -0.4 is 0 Å². The number of rotatable bonds is 2. The monoisotopic (exact) mass is 291 g/mol. The number of alkyl halides is 3. The van der Waals surface area contributed by atoms with E-state index >= 15 is 0 Å². The third-order valence-corrected chi connectivity index (χ3v) is 3.00. The van der Waals surface area contributed by atoms with Gasteiger partial charge in [0, 0.05) is 19.3 Å². The summed E-state index contributed by atoms with van der Waals surface area (Å²) < 4.78 is 43.7. The van der Waals surface area contributed by atoms with Crippen molar-refractivity contribution in [1.29, 1.82) is 0 Å². The first-order valence-corrected chi connectivity index (χ1v) is 6.29. The second-order valence-electron chi connectivity index (χ2n) is 4.95. The molecule has 0 unspecified atom stereocenters. The van der Waals surface area contributed by atoms with Gasteiger partial charge in [-0.1, -0.05) is 0 Å². The lowest BCUT2D eigenvalue weighted by molar-refractivity contribution is -0.145. The van der Waals surface area contributed by atoms with Gasteiger partial charge in [0.15, 0.2) is 5.69 Å². The van der Waals surface area contributed by atoms with Gasteiger partial charge in [0.05, 0.1) is 12.2 Å². The molecule has 0 radical (unpaired) electrons. The highest BCUT2D eigenvalue weighted by molar-refractivity contribution is 5.76. The van der Waals surface area contributed by atoms with Crippen molar-refractivity contribution in [1.82, 2.24) is 14.7 Å². The number of nitrogens with zero attached hydrogens (tertiary/aromatic N) is 3. The van der Waals surface area contributed by atoms with E-state index in [0.29, 0.717) is 13.1 Å². The standard InChI is InChI=1S/C12H16F3N3O2/c1-8-5-17(6-9(2)20-8)11(19)7-18-4-3-10(16-18)12(13,14)15/h3-4,8-9H,5-7H2,1-2H3/t8-,9-/m1/s1. The van der Waals surface area contributed by atoms with E-state index in [9.17, 15) is 18.0 Å². The zero-order valence-electron chi connectivity index (χ0n) is 11.2. The summed E-state index contributed by atoms with van der Waals surface area (Å²) in [6.45, 7) is 4.39. The lowest BCUT2D eigenvalue weighted by atomic mass is 10.2. The van der Waals surface area contributed by atoms with E-state index in [1.807, 2.05) is 13.8 Å². The predicted octanol–water partition coefficient (Wildman–Crippen LogP) is 1.54. The van der Waals surface area contributed by atoms with Crippen LogP contribution in [0.25, 0.3) is 0 Å². The lowest BCUT2D eigenvalue weighted by Crippen LogP contribution is -2.49. The molecule has 0 aliphatic carbocycles. The van der Waals surface area contributed by atoms with E-state index in [1.165, 1.54) is 0 Å². The average Bonchev–Trinajstić information content (AvgIpc) is 2.75. The molecule has 1 fully saturated rings. The molecule has 1 amide bonds. The van der Waals surface area contributed by atoms with Gasteiger partial charge in [0.2, 0.25) is 5.91 Å². The van der Waals surface area contributed by atoms with Crippen molar-refractivity contribution in [3.8, 4) is 0 Å². The van der Waals surface area contributed by atoms with Crippen LogP contribution in [0.3, 0.4) is 0 Å². The van der Waals surface area contributed by atoms with Gasteiger partial charge in [0.1, 0.15) is 6.54 Å². The van der Waals surface area contributed by atoms with Crippen LogP contribution in [0.2, 0.25) is 0 Å². The fraction of sp³-hybridized carbons (Fsp3) is 0.667. The van der Waals surface area contributed by atoms with Crippen molar-refractivity contribution < 1.29 is 22.7 Å². The Bertz CT molecular complexity index is 477. The molecule has 1 aromatic rings. The summed E-state index contributed by atoms with van der Waals surface area (Å²) in [5.74, 6) is -0.260. The molecule has 1 aliphatic heterocycles. The Balaban J connectivity index is 1.99. The summed E-state index contributed by atoms with van der Waals surface area (Å²) in [5.41, 5.74) is -0.992. The van der Waals surface area contributed by atoms with Gasteiger partial charge in [-0.2, -0.15) is 18.3 Å². The van der Waals surface area contributed by atoms with Gasteiger partial charge in [-0.05, 0) is 19.9 Å². The number of hydrogen-bond acceptors (Lipinski definition) is 3. The third kappa shape index (κ3) is 3.50. The molecule has 0 aromatic carbocycles. The Hall–Kier alpha value is -1.57. The molecule has 2 rings (SSSR count). The van der Waals surface area contributed by atoms with Gasteiger partial charge in [-0.3, -0.25) is 9.48 Å². The van der Waals surface area contributed by atoms with E-state index < -0.39 is 11.9 Å². The van der Waals surface area contributed by atoms with Crippen LogP contribution in [-0.2, 0) is 22.3 Å². The Morgan fingerprint density at radius 2 is 2.00 bits per heavy atom. The van der Waals surface area contributed by atoms with Gasteiger partial charge in [-0.25, -0.2) is 0 Å². The minimum atomic E-state index is -4.49. The maximum Gasteiger partial charge on any atom is 0.435 e. The number of amides is 1. The summed E-state index contributed by atoms with van der Waals surface area (Å²) in [6.07, 6.45) is -3.48. The zero-order chi connectivity index (χ0) is 14.9. The molecular formula is C12H16F3N3O2. The largest absolute Gasteiger partial charge is 0.435 e. The van der Waals surface area contributed by atoms with Crippen molar-refractivity contribution in [3.05, 3.63) is 18.0 Å². The van der Waals surface area contributed by atoms with Crippen LogP contribution >= 0.6 is 0 Å². The molecule has 1 saturated heterocycles. The van der Waals surface area contributed by atoms with Gasteiger partial charge in [-0.15, -0.1) is 0 Å². The summed E-state index contributed by atoms with van der Waals surface area (Å²) >= 11 is 0. The number of aromatic nitrogens is 2. The number of carbonyl (C=O) groups excluding carboxylic acids is 1.